The third-order valence-electron chi connectivity index (χ3n) is 3.58. The Morgan fingerprint density at radius 2 is 1.90 bits per heavy atom. The summed E-state index contributed by atoms with van der Waals surface area (Å²) >= 11 is 0. The minimum Gasteiger partial charge on any atom is -0.488 e. The molecule has 0 unspecified atom stereocenters. The lowest BCUT2D eigenvalue weighted by Crippen LogP contribution is -2.31. The van der Waals surface area contributed by atoms with Crippen molar-refractivity contribution in [3.63, 3.8) is 0 Å². The van der Waals surface area contributed by atoms with Crippen molar-refractivity contribution in [2.75, 3.05) is 14.1 Å². The number of amides is 1. The molecule has 3 heteroatoms. The Bertz CT molecular complexity index is 474. The van der Waals surface area contributed by atoms with Gasteiger partial charge in [0.1, 0.15) is 11.4 Å². The fourth-order valence-corrected chi connectivity index (χ4v) is 2.62. The van der Waals surface area contributed by atoms with Crippen molar-refractivity contribution < 1.29 is 9.53 Å². The van der Waals surface area contributed by atoms with Crippen LogP contribution in [0.2, 0.25) is 0 Å². The first-order valence-corrected chi connectivity index (χ1v) is 7.66. The molecule has 1 aromatic rings. The van der Waals surface area contributed by atoms with Gasteiger partial charge in [0.15, 0.2) is 0 Å². The molecule has 1 aromatic carbocycles. The molecule has 0 aliphatic rings. The van der Waals surface area contributed by atoms with Gasteiger partial charge in [-0.3, -0.25) is 4.79 Å². The summed E-state index contributed by atoms with van der Waals surface area (Å²) in [5.41, 5.74) is 0.952. The maximum Gasteiger partial charge on any atom is 0.225 e. The van der Waals surface area contributed by atoms with E-state index < -0.39 is 0 Å². The molecule has 2 atom stereocenters. The van der Waals surface area contributed by atoms with Gasteiger partial charge in [-0.2, -0.15) is 0 Å². The van der Waals surface area contributed by atoms with Gasteiger partial charge >= 0.3 is 0 Å². The van der Waals surface area contributed by atoms with E-state index in [1.54, 1.807) is 4.90 Å². The van der Waals surface area contributed by atoms with Crippen LogP contribution in [0.1, 0.15) is 52.5 Å². The number of nitrogens with zero attached hydrogens (tertiary/aromatic N) is 1. The molecule has 0 aliphatic heterocycles. The van der Waals surface area contributed by atoms with E-state index in [9.17, 15) is 4.79 Å². The van der Waals surface area contributed by atoms with Crippen LogP contribution < -0.4 is 4.74 Å². The molecule has 0 aromatic heterocycles. The number of carbonyl (C=O) groups is 1. The van der Waals surface area contributed by atoms with E-state index in [4.69, 9.17) is 4.74 Å². The molecule has 0 fully saturated rings. The molecule has 0 bridgehead atoms. The van der Waals surface area contributed by atoms with Crippen LogP contribution >= 0.6 is 0 Å². The van der Waals surface area contributed by atoms with Crippen LogP contribution in [-0.4, -0.2) is 30.5 Å². The largest absolute Gasteiger partial charge is 0.488 e. The lowest BCUT2D eigenvalue weighted by Gasteiger charge is -2.26. The van der Waals surface area contributed by atoms with E-state index in [0.717, 1.165) is 12.2 Å². The molecule has 0 radical (unpaired) electrons. The Hall–Kier alpha value is -1.51. The van der Waals surface area contributed by atoms with Gasteiger partial charge in [-0.15, -0.1) is 0 Å². The summed E-state index contributed by atoms with van der Waals surface area (Å²) in [5, 5.41) is 0. The minimum atomic E-state index is -0.217. The van der Waals surface area contributed by atoms with Gasteiger partial charge in [0.05, 0.1) is 0 Å². The molecule has 0 spiro atoms. The van der Waals surface area contributed by atoms with E-state index in [0.29, 0.717) is 0 Å². The number of benzene rings is 1. The number of hydrogen-bond acceptors (Lipinski definition) is 2. The molecule has 0 heterocycles. The van der Waals surface area contributed by atoms with E-state index in [-0.39, 0.29) is 23.3 Å². The molecule has 21 heavy (non-hydrogen) atoms. The van der Waals surface area contributed by atoms with Crippen LogP contribution in [0.25, 0.3) is 0 Å². The summed E-state index contributed by atoms with van der Waals surface area (Å²) in [5.74, 6) is 1.21. The molecule has 0 aliphatic carbocycles. The van der Waals surface area contributed by atoms with Crippen LogP contribution in [0.3, 0.4) is 0 Å². The van der Waals surface area contributed by atoms with Gasteiger partial charge < -0.3 is 9.64 Å². The number of rotatable bonds is 5. The Balaban J connectivity index is 3.01. The lowest BCUT2D eigenvalue weighted by atomic mass is 9.84. The van der Waals surface area contributed by atoms with Gasteiger partial charge in [-0.25, -0.2) is 0 Å². The molecule has 0 saturated carbocycles. The molecular weight excluding hydrogens is 262 g/mol. The number of hydrogen-bond donors (Lipinski definition) is 0. The molecule has 1 rings (SSSR count). The van der Waals surface area contributed by atoms with Crippen LogP contribution in [0, 0.1) is 5.92 Å². The van der Waals surface area contributed by atoms with Crippen molar-refractivity contribution in [1.29, 1.82) is 0 Å². The molecule has 0 saturated heterocycles. The van der Waals surface area contributed by atoms with Crippen molar-refractivity contribution >= 4 is 5.91 Å². The fraction of sp³-hybridized carbons (Fsp3) is 0.611. The third-order valence-corrected chi connectivity index (χ3v) is 3.58. The van der Waals surface area contributed by atoms with Crippen molar-refractivity contribution in [3.8, 4) is 5.75 Å². The van der Waals surface area contributed by atoms with E-state index in [1.807, 2.05) is 53.9 Å². The first kappa shape index (κ1) is 17.5. The smallest absolute Gasteiger partial charge is 0.225 e. The van der Waals surface area contributed by atoms with Gasteiger partial charge in [0.2, 0.25) is 5.91 Å². The first-order chi connectivity index (χ1) is 9.65. The van der Waals surface area contributed by atoms with Gasteiger partial charge in [-0.05, 0) is 50.8 Å². The first-order valence-electron chi connectivity index (χ1n) is 7.66. The number of carbonyl (C=O) groups excluding carboxylic acids is 1. The molecule has 3 nitrogen and oxygen atoms in total. The zero-order valence-corrected chi connectivity index (χ0v) is 14.4. The van der Waals surface area contributed by atoms with Crippen molar-refractivity contribution in [3.05, 3.63) is 29.8 Å². The van der Waals surface area contributed by atoms with Gasteiger partial charge in [-0.1, -0.05) is 26.0 Å². The van der Waals surface area contributed by atoms with Crippen LogP contribution in [-0.2, 0) is 4.79 Å². The maximum atomic E-state index is 12.2. The lowest BCUT2D eigenvalue weighted by molar-refractivity contribution is -0.133. The Kier molecular flexibility index (Phi) is 5.82. The average molecular weight is 291 g/mol. The van der Waals surface area contributed by atoms with Crippen LogP contribution in [0.4, 0.5) is 0 Å². The Morgan fingerprint density at radius 3 is 2.38 bits per heavy atom. The second-order valence-corrected chi connectivity index (χ2v) is 6.82. The van der Waals surface area contributed by atoms with Crippen molar-refractivity contribution in [2.45, 2.75) is 52.6 Å². The second kappa shape index (κ2) is 6.97. The van der Waals surface area contributed by atoms with Crippen molar-refractivity contribution in [1.82, 2.24) is 4.90 Å². The van der Waals surface area contributed by atoms with Gasteiger partial charge in [0, 0.05) is 20.0 Å². The predicted octanol–water partition coefficient (Wildman–Crippen LogP) is 4.08. The van der Waals surface area contributed by atoms with Gasteiger partial charge in [0.25, 0.3) is 0 Å². The molecule has 118 valence electrons. The fourth-order valence-electron chi connectivity index (χ4n) is 2.62. The summed E-state index contributed by atoms with van der Waals surface area (Å²) in [6.07, 6.45) is 0.930. The third kappa shape index (κ3) is 5.07. The maximum absolute atomic E-state index is 12.2. The van der Waals surface area contributed by atoms with Crippen LogP contribution in [0.15, 0.2) is 24.3 Å². The van der Waals surface area contributed by atoms with E-state index in [2.05, 4.69) is 19.1 Å². The zero-order valence-electron chi connectivity index (χ0n) is 14.4. The normalized spacial score (nSPS) is 14.4. The quantitative estimate of drug-likeness (QED) is 0.818. The van der Waals surface area contributed by atoms with Crippen LogP contribution in [0.5, 0.6) is 5.75 Å². The minimum absolute atomic E-state index is 0.0325. The molecular formula is C18H29NO2. The standard InChI is InChI=1S/C18H29NO2/c1-8-16(13(2)17(20)19(6)7)14-10-9-11-15(12-14)21-18(3,4)5/h9-13,16H,8H2,1-7H3/t13-,16-/m1/s1. The summed E-state index contributed by atoms with van der Waals surface area (Å²) in [4.78, 5) is 13.9. The highest BCUT2D eigenvalue weighted by atomic mass is 16.5. The Morgan fingerprint density at radius 1 is 1.29 bits per heavy atom. The van der Waals surface area contributed by atoms with Crippen molar-refractivity contribution in [2.24, 2.45) is 5.92 Å². The summed E-state index contributed by atoms with van der Waals surface area (Å²) in [6.45, 7) is 10.2. The topological polar surface area (TPSA) is 29.5 Å². The Labute approximate surface area is 129 Å². The highest BCUT2D eigenvalue weighted by Crippen LogP contribution is 2.31. The average Bonchev–Trinajstić information content (AvgIpc) is 2.36. The molecule has 0 N–H and O–H groups in total. The van der Waals surface area contributed by atoms with E-state index >= 15 is 0 Å². The highest BCUT2D eigenvalue weighted by molar-refractivity contribution is 5.79. The predicted molar refractivity (Wildman–Crippen MR) is 87.7 cm³/mol. The summed E-state index contributed by atoms with van der Waals surface area (Å²) in [6, 6.07) is 8.13. The second-order valence-electron chi connectivity index (χ2n) is 6.82. The SMILES string of the molecule is CC[C@@H](c1cccc(OC(C)(C)C)c1)[C@@H](C)C(=O)N(C)C. The monoisotopic (exact) mass is 291 g/mol. The highest BCUT2D eigenvalue weighted by Gasteiger charge is 2.25. The molecule has 1 amide bonds. The zero-order chi connectivity index (χ0) is 16.2. The number of ether oxygens (including phenoxy) is 1. The van der Waals surface area contributed by atoms with E-state index in [1.165, 1.54) is 5.56 Å². The summed E-state index contributed by atoms with van der Waals surface area (Å²) < 4.78 is 5.93. The summed E-state index contributed by atoms with van der Waals surface area (Å²) in [7, 11) is 3.62.